The van der Waals surface area contributed by atoms with E-state index in [1.165, 1.54) is 10.8 Å². The number of benzene rings is 9. The van der Waals surface area contributed by atoms with Crippen LogP contribution in [0.2, 0.25) is 0 Å². The van der Waals surface area contributed by atoms with E-state index >= 15 is 0 Å². The molecule has 0 radical (unpaired) electrons. The Balaban J connectivity index is 0.931. The lowest BCUT2D eigenvalue weighted by Gasteiger charge is -2.25. The van der Waals surface area contributed by atoms with Crippen LogP contribution in [0.1, 0.15) is 0 Å². The summed E-state index contributed by atoms with van der Waals surface area (Å²) < 4.78 is 19.4. The highest BCUT2D eigenvalue weighted by molar-refractivity contribution is 6.24. The molecule has 0 N–H and O–H groups in total. The molecular formula is C52H31NO3. The Labute approximate surface area is 321 Å². The maximum absolute atomic E-state index is 6.49. The van der Waals surface area contributed by atoms with Gasteiger partial charge in [-0.25, -0.2) is 0 Å². The minimum absolute atomic E-state index is 0.783. The van der Waals surface area contributed by atoms with E-state index in [1.807, 2.05) is 24.3 Å². The summed E-state index contributed by atoms with van der Waals surface area (Å²) in [7, 11) is 0. The summed E-state index contributed by atoms with van der Waals surface area (Å²) in [5.41, 5.74) is 12.7. The van der Waals surface area contributed by atoms with Crippen LogP contribution >= 0.6 is 0 Å². The Morgan fingerprint density at radius 3 is 1.70 bits per heavy atom. The molecule has 0 aliphatic carbocycles. The second kappa shape index (κ2) is 12.0. The van der Waals surface area contributed by atoms with Crippen molar-refractivity contribution in [2.24, 2.45) is 0 Å². The molecule has 0 aliphatic rings. The molecule has 262 valence electrons. The molecule has 0 fully saturated rings. The Morgan fingerprint density at radius 1 is 0.304 bits per heavy atom. The van der Waals surface area contributed by atoms with E-state index < -0.39 is 0 Å². The average Bonchev–Trinajstić information content (AvgIpc) is 3.96. The van der Waals surface area contributed by atoms with E-state index in [-0.39, 0.29) is 0 Å². The first-order valence-corrected chi connectivity index (χ1v) is 18.9. The van der Waals surface area contributed by atoms with Gasteiger partial charge in [0.2, 0.25) is 0 Å². The van der Waals surface area contributed by atoms with Gasteiger partial charge < -0.3 is 18.2 Å². The third-order valence-electron chi connectivity index (χ3n) is 11.3. The second-order valence-electron chi connectivity index (χ2n) is 14.4. The number of anilines is 3. The Kier molecular flexibility index (Phi) is 6.60. The minimum Gasteiger partial charge on any atom is -0.456 e. The van der Waals surface area contributed by atoms with E-state index in [4.69, 9.17) is 13.3 Å². The van der Waals surface area contributed by atoms with Gasteiger partial charge in [-0.3, -0.25) is 0 Å². The average molecular weight is 718 g/mol. The Hall–Kier alpha value is -7.56. The molecule has 4 nitrogen and oxygen atoms in total. The highest BCUT2D eigenvalue weighted by Crippen LogP contribution is 2.45. The number of furan rings is 3. The summed E-state index contributed by atoms with van der Waals surface area (Å²) in [6.45, 7) is 0. The van der Waals surface area contributed by atoms with Crippen molar-refractivity contribution in [1.29, 1.82) is 0 Å². The van der Waals surface area contributed by atoms with Crippen LogP contribution in [-0.2, 0) is 0 Å². The van der Waals surface area contributed by atoms with Gasteiger partial charge in [-0.1, -0.05) is 121 Å². The van der Waals surface area contributed by atoms with Crippen LogP contribution in [0.15, 0.2) is 201 Å². The topological polar surface area (TPSA) is 42.7 Å². The molecule has 0 amide bonds. The molecule has 4 heteroatoms. The van der Waals surface area contributed by atoms with Crippen LogP contribution in [-0.4, -0.2) is 0 Å². The molecule has 0 bridgehead atoms. The largest absolute Gasteiger partial charge is 0.456 e. The molecular weight excluding hydrogens is 687 g/mol. The zero-order chi connectivity index (χ0) is 36.7. The molecule has 0 saturated heterocycles. The number of nitrogens with zero attached hydrogens (tertiary/aromatic N) is 1. The Morgan fingerprint density at radius 2 is 0.893 bits per heavy atom. The van der Waals surface area contributed by atoms with Crippen LogP contribution in [0.25, 0.3) is 98.8 Å². The molecule has 9 aromatic carbocycles. The standard InChI is InChI=1S/C52H31NO3/c1-2-11-36(12-3-1)53(38-27-28-42-48(30-38)54-47-29-24-34-10-4-5-13-39(34)49(42)47)37-25-22-33(23-26-37)32-18-20-35(21-19-32)43-31-44-40-14-6-8-16-45(40)55-51(44)52-50(43)41-15-7-9-17-46(41)56-52/h1-31H. The van der Waals surface area contributed by atoms with Crippen molar-refractivity contribution >= 4 is 93.7 Å². The van der Waals surface area contributed by atoms with E-state index in [9.17, 15) is 0 Å². The van der Waals surface area contributed by atoms with Gasteiger partial charge in [0.05, 0.1) is 0 Å². The van der Waals surface area contributed by atoms with E-state index in [0.29, 0.717) is 0 Å². The van der Waals surface area contributed by atoms with Gasteiger partial charge in [-0.05, 0) is 93.7 Å². The predicted octanol–water partition coefficient (Wildman–Crippen LogP) is 15.3. The van der Waals surface area contributed by atoms with Crippen molar-refractivity contribution in [3.05, 3.63) is 188 Å². The minimum atomic E-state index is 0.783. The summed E-state index contributed by atoms with van der Waals surface area (Å²) in [6, 6.07) is 66.1. The zero-order valence-corrected chi connectivity index (χ0v) is 30.1. The molecule has 0 saturated carbocycles. The van der Waals surface area contributed by atoms with Crippen molar-refractivity contribution in [3.8, 4) is 22.3 Å². The molecule has 0 spiro atoms. The molecule has 0 aliphatic heterocycles. The maximum Gasteiger partial charge on any atom is 0.179 e. The van der Waals surface area contributed by atoms with Gasteiger partial charge >= 0.3 is 0 Å². The molecule has 3 heterocycles. The lowest BCUT2D eigenvalue weighted by atomic mass is 9.95. The van der Waals surface area contributed by atoms with Gasteiger partial charge in [-0.15, -0.1) is 0 Å². The number of hydrogen-bond donors (Lipinski definition) is 0. The van der Waals surface area contributed by atoms with Crippen molar-refractivity contribution in [2.45, 2.75) is 0 Å². The van der Waals surface area contributed by atoms with Crippen molar-refractivity contribution in [2.75, 3.05) is 4.90 Å². The van der Waals surface area contributed by atoms with E-state index in [2.05, 4.69) is 169 Å². The van der Waals surface area contributed by atoms with Gasteiger partial charge in [0, 0.05) is 55.4 Å². The lowest BCUT2D eigenvalue weighted by Crippen LogP contribution is -2.09. The summed E-state index contributed by atoms with van der Waals surface area (Å²) in [5, 5.41) is 8.97. The van der Waals surface area contributed by atoms with Crippen LogP contribution in [0.5, 0.6) is 0 Å². The summed E-state index contributed by atoms with van der Waals surface area (Å²) >= 11 is 0. The highest BCUT2D eigenvalue weighted by atomic mass is 16.4. The SMILES string of the molecule is c1ccc(N(c2ccc(-c3ccc(-c4cc5c6ccccc6oc5c5oc6ccccc6c45)cc3)cc2)c2ccc3c(c2)oc2ccc4ccccc4c23)cc1. The smallest absolute Gasteiger partial charge is 0.179 e. The van der Waals surface area contributed by atoms with E-state index in [0.717, 1.165) is 105 Å². The molecule has 3 aromatic heterocycles. The maximum atomic E-state index is 6.49. The molecule has 0 unspecified atom stereocenters. The molecule has 0 atom stereocenters. The van der Waals surface area contributed by atoms with Gasteiger partial charge in [0.15, 0.2) is 11.2 Å². The summed E-state index contributed by atoms with van der Waals surface area (Å²) in [5.74, 6) is 0. The Bertz CT molecular complexity index is 3460. The summed E-state index contributed by atoms with van der Waals surface area (Å²) in [4.78, 5) is 2.29. The fraction of sp³-hybridized carbons (Fsp3) is 0. The van der Waals surface area contributed by atoms with Crippen LogP contribution in [0, 0.1) is 0 Å². The normalized spacial score (nSPS) is 11.9. The second-order valence-corrected chi connectivity index (χ2v) is 14.4. The molecule has 12 rings (SSSR count). The van der Waals surface area contributed by atoms with Gasteiger partial charge in [0.1, 0.15) is 22.3 Å². The third-order valence-corrected chi connectivity index (χ3v) is 11.3. The fourth-order valence-electron chi connectivity index (χ4n) is 8.64. The van der Waals surface area contributed by atoms with Crippen LogP contribution in [0.4, 0.5) is 17.1 Å². The van der Waals surface area contributed by atoms with Crippen LogP contribution in [0.3, 0.4) is 0 Å². The first-order valence-electron chi connectivity index (χ1n) is 18.9. The van der Waals surface area contributed by atoms with Crippen LogP contribution < -0.4 is 4.90 Å². The fourth-order valence-corrected chi connectivity index (χ4v) is 8.64. The first-order chi connectivity index (χ1) is 27.7. The molecule has 56 heavy (non-hydrogen) atoms. The number of rotatable bonds is 5. The van der Waals surface area contributed by atoms with Crippen molar-refractivity contribution < 1.29 is 13.3 Å². The first kappa shape index (κ1) is 30.9. The van der Waals surface area contributed by atoms with Crippen molar-refractivity contribution in [1.82, 2.24) is 0 Å². The monoisotopic (exact) mass is 717 g/mol. The number of fused-ring (bicyclic) bond motifs is 12. The summed E-state index contributed by atoms with van der Waals surface area (Å²) in [6.07, 6.45) is 0. The zero-order valence-electron chi connectivity index (χ0n) is 30.1. The van der Waals surface area contributed by atoms with Gasteiger partial charge in [0.25, 0.3) is 0 Å². The van der Waals surface area contributed by atoms with Crippen molar-refractivity contribution in [3.63, 3.8) is 0 Å². The quantitative estimate of drug-likeness (QED) is 0.178. The van der Waals surface area contributed by atoms with E-state index in [1.54, 1.807) is 0 Å². The third kappa shape index (κ3) is 4.66. The van der Waals surface area contributed by atoms with Gasteiger partial charge in [-0.2, -0.15) is 0 Å². The number of hydrogen-bond acceptors (Lipinski definition) is 4. The predicted molar refractivity (Wildman–Crippen MR) is 231 cm³/mol. The number of para-hydroxylation sites is 3. The highest BCUT2D eigenvalue weighted by Gasteiger charge is 2.21. The molecule has 12 aromatic rings. The lowest BCUT2D eigenvalue weighted by molar-refractivity contribution is 0.633.